The normalized spacial score (nSPS) is 11.6. The monoisotopic (exact) mass is 637 g/mol. The average Bonchev–Trinajstić information content (AvgIpc) is 3.56. The number of furan rings is 1. The summed E-state index contributed by atoms with van der Waals surface area (Å²) in [7, 11) is 0. The van der Waals surface area contributed by atoms with Crippen molar-refractivity contribution in [2.45, 2.75) is 0 Å². The number of fused-ring (bicyclic) bond motifs is 7. The number of hydrogen-bond acceptors (Lipinski definition) is 2. The molecule has 2 nitrogen and oxygen atoms in total. The molecule has 1 heterocycles. The van der Waals surface area contributed by atoms with Gasteiger partial charge >= 0.3 is 0 Å². The first-order valence-corrected chi connectivity index (χ1v) is 17.1. The molecule has 0 aliphatic rings. The molecular weight excluding hydrogens is 607 g/mol. The minimum Gasteiger partial charge on any atom is -0.456 e. The molecule has 0 bridgehead atoms. The van der Waals surface area contributed by atoms with Crippen molar-refractivity contribution in [1.82, 2.24) is 0 Å². The highest BCUT2D eigenvalue weighted by molar-refractivity contribution is 6.09. The number of rotatable bonds is 5. The van der Waals surface area contributed by atoms with Crippen LogP contribution in [0.4, 0.5) is 17.1 Å². The zero-order valence-electron chi connectivity index (χ0n) is 27.3. The Morgan fingerprint density at radius 1 is 0.300 bits per heavy atom. The molecule has 0 N–H and O–H groups in total. The molecule has 0 aliphatic heterocycles. The van der Waals surface area contributed by atoms with Crippen LogP contribution in [0.15, 0.2) is 192 Å². The fourth-order valence-corrected chi connectivity index (χ4v) is 7.59. The summed E-state index contributed by atoms with van der Waals surface area (Å²) in [4.78, 5) is 2.37. The number of anilines is 3. The summed E-state index contributed by atoms with van der Waals surface area (Å²) in [5.74, 6) is 0. The summed E-state index contributed by atoms with van der Waals surface area (Å²) in [5, 5.41) is 9.77. The fourth-order valence-electron chi connectivity index (χ4n) is 7.59. The molecule has 9 aromatic carbocycles. The van der Waals surface area contributed by atoms with E-state index in [4.69, 9.17) is 4.42 Å². The minimum absolute atomic E-state index is 0.910. The summed E-state index contributed by atoms with van der Waals surface area (Å²) in [6.07, 6.45) is 0. The van der Waals surface area contributed by atoms with Crippen molar-refractivity contribution in [3.63, 3.8) is 0 Å². The minimum atomic E-state index is 0.910. The molecule has 2 heteroatoms. The Morgan fingerprint density at radius 3 is 1.80 bits per heavy atom. The maximum Gasteiger partial charge on any atom is 0.135 e. The van der Waals surface area contributed by atoms with Crippen LogP contribution in [0.1, 0.15) is 0 Å². The third kappa shape index (κ3) is 4.73. The lowest BCUT2D eigenvalue weighted by Crippen LogP contribution is -2.10. The molecule has 0 spiro atoms. The van der Waals surface area contributed by atoms with Crippen LogP contribution >= 0.6 is 0 Å². The Hall–Kier alpha value is -6.64. The topological polar surface area (TPSA) is 16.4 Å². The summed E-state index contributed by atoms with van der Waals surface area (Å²) >= 11 is 0. The Kier molecular flexibility index (Phi) is 6.53. The van der Waals surface area contributed by atoms with Gasteiger partial charge in [0, 0.05) is 27.8 Å². The Bertz CT molecular complexity index is 2870. The zero-order valence-corrected chi connectivity index (χ0v) is 27.3. The van der Waals surface area contributed by atoms with Crippen LogP contribution < -0.4 is 4.90 Å². The van der Waals surface area contributed by atoms with E-state index in [9.17, 15) is 0 Å². The molecular formula is C48H31NO. The molecule has 10 aromatic rings. The first-order chi connectivity index (χ1) is 24.8. The quantitative estimate of drug-likeness (QED) is 0.175. The standard InChI is InChI=1S/C48H31NO/c1-3-14-41-33(9-1)11-8-17-43(41)36-12-7-13-39(29-36)49(40-26-27-44-37(30-40)20-19-34-10-2-4-15-42(34)44)38-24-21-32(22-25-38)35-23-28-48-46(31-35)45-16-5-6-18-47(45)50-48/h1-31H. The third-order valence-corrected chi connectivity index (χ3v) is 10.0. The van der Waals surface area contributed by atoms with Crippen molar-refractivity contribution in [2.75, 3.05) is 4.90 Å². The molecule has 0 unspecified atom stereocenters. The van der Waals surface area contributed by atoms with Crippen molar-refractivity contribution in [1.29, 1.82) is 0 Å². The van der Waals surface area contributed by atoms with Crippen molar-refractivity contribution >= 4 is 71.3 Å². The van der Waals surface area contributed by atoms with Crippen LogP contribution in [-0.4, -0.2) is 0 Å². The van der Waals surface area contributed by atoms with E-state index in [0.717, 1.165) is 50.1 Å². The van der Waals surface area contributed by atoms with Gasteiger partial charge < -0.3 is 9.32 Å². The lowest BCUT2D eigenvalue weighted by molar-refractivity contribution is 0.669. The first kappa shape index (κ1) is 28.4. The van der Waals surface area contributed by atoms with Crippen LogP contribution in [0.5, 0.6) is 0 Å². The third-order valence-electron chi connectivity index (χ3n) is 10.0. The molecule has 234 valence electrons. The molecule has 0 saturated heterocycles. The summed E-state index contributed by atoms with van der Waals surface area (Å²) < 4.78 is 6.10. The van der Waals surface area contributed by atoms with Gasteiger partial charge in [0.05, 0.1) is 0 Å². The van der Waals surface area contributed by atoms with Gasteiger partial charge in [-0.2, -0.15) is 0 Å². The second-order valence-electron chi connectivity index (χ2n) is 13.0. The molecule has 10 rings (SSSR count). The maximum absolute atomic E-state index is 6.10. The van der Waals surface area contributed by atoms with Crippen LogP contribution in [0.2, 0.25) is 0 Å². The van der Waals surface area contributed by atoms with Gasteiger partial charge in [-0.05, 0) is 109 Å². The van der Waals surface area contributed by atoms with Crippen molar-refractivity contribution in [2.24, 2.45) is 0 Å². The Labute approximate surface area is 290 Å². The van der Waals surface area contributed by atoms with Crippen molar-refractivity contribution in [3.05, 3.63) is 188 Å². The van der Waals surface area contributed by atoms with E-state index in [1.807, 2.05) is 12.1 Å². The lowest BCUT2D eigenvalue weighted by Gasteiger charge is -2.27. The summed E-state index contributed by atoms with van der Waals surface area (Å²) in [5.41, 5.74) is 9.89. The van der Waals surface area contributed by atoms with Gasteiger partial charge in [0.1, 0.15) is 11.2 Å². The molecule has 0 atom stereocenters. The molecule has 1 aromatic heterocycles. The van der Waals surface area contributed by atoms with E-state index < -0.39 is 0 Å². The zero-order chi connectivity index (χ0) is 33.0. The Balaban J connectivity index is 1.11. The predicted molar refractivity (Wildman–Crippen MR) is 212 cm³/mol. The molecule has 50 heavy (non-hydrogen) atoms. The fraction of sp³-hybridized carbons (Fsp3) is 0. The van der Waals surface area contributed by atoms with Crippen LogP contribution in [0, 0.1) is 0 Å². The summed E-state index contributed by atoms with van der Waals surface area (Å²) in [6.45, 7) is 0. The number of hydrogen-bond donors (Lipinski definition) is 0. The second-order valence-corrected chi connectivity index (χ2v) is 13.0. The van der Waals surface area contributed by atoms with Gasteiger partial charge in [-0.15, -0.1) is 0 Å². The highest BCUT2D eigenvalue weighted by atomic mass is 16.3. The van der Waals surface area contributed by atoms with Crippen molar-refractivity contribution in [3.8, 4) is 22.3 Å². The molecule has 0 amide bonds. The van der Waals surface area contributed by atoms with Gasteiger partial charge in [-0.3, -0.25) is 0 Å². The van der Waals surface area contributed by atoms with E-state index in [-0.39, 0.29) is 0 Å². The maximum atomic E-state index is 6.10. The molecule has 0 fully saturated rings. The number of para-hydroxylation sites is 1. The Morgan fingerprint density at radius 2 is 0.920 bits per heavy atom. The molecule has 0 saturated carbocycles. The first-order valence-electron chi connectivity index (χ1n) is 17.1. The largest absolute Gasteiger partial charge is 0.456 e. The lowest BCUT2D eigenvalue weighted by atomic mass is 9.97. The number of nitrogens with zero attached hydrogens (tertiary/aromatic N) is 1. The van der Waals surface area contributed by atoms with Gasteiger partial charge in [-0.1, -0.05) is 133 Å². The smallest absolute Gasteiger partial charge is 0.135 e. The molecule has 0 aliphatic carbocycles. The van der Waals surface area contributed by atoms with E-state index >= 15 is 0 Å². The van der Waals surface area contributed by atoms with E-state index in [1.165, 1.54) is 43.4 Å². The van der Waals surface area contributed by atoms with Gasteiger partial charge in [0.25, 0.3) is 0 Å². The van der Waals surface area contributed by atoms with Crippen LogP contribution in [-0.2, 0) is 0 Å². The van der Waals surface area contributed by atoms with E-state index in [1.54, 1.807) is 0 Å². The van der Waals surface area contributed by atoms with Gasteiger partial charge in [0.2, 0.25) is 0 Å². The van der Waals surface area contributed by atoms with Gasteiger partial charge in [0.15, 0.2) is 0 Å². The van der Waals surface area contributed by atoms with Crippen molar-refractivity contribution < 1.29 is 4.42 Å². The average molecular weight is 638 g/mol. The highest BCUT2D eigenvalue weighted by Crippen LogP contribution is 2.41. The molecule has 0 radical (unpaired) electrons. The van der Waals surface area contributed by atoms with Crippen LogP contribution in [0.25, 0.3) is 76.5 Å². The summed E-state index contributed by atoms with van der Waals surface area (Å²) in [6, 6.07) is 67.7. The number of benzene rings is 9. The van der Waals surface area contributed by atoms with Crippen LogP contribution in [0.3, 0.4) is 0 Å². The van der Waals surface area contributed by atoms with E-state index in [2.05, 4.69) is 181 Å². The SMILES string of the molecule is c1cc(-c2cccc3ccccc23)cc(N(c2ccc(-c3ccc4oc5ccccc5c4c3)cc2)c2ccc3c(ccc4ccccc43)c2)c1. The predicted octanol–water partition coefficient (Wildman–Crippen LogP) is 13.8. The highest BCUT2D eigenvalue weighted by Gasteiger charge is 2.16. The second kappa shape index (κ2) is 11.5. The van der Waals surface area contributed by atoms with E-state index in [0.29, 0.717) is 0 Å². The van der Waals surface area contributed by atoms with Gasteiger partial charge in [-0.25, -0.2) is 0 Å².